The van der Waals surface area contributed by atoms with Crippen LogP contribution in [0.15, 0.2) is 12.2 Å². The SMILES string of the molecule is CCCCC/C=C\CCCCCCCC(=O)OC(COC(=O)CCCCCCCCC)COC(=O)CCCCCCCCCCCCCCCCCCCCCCCCCCC. The van der Waals surface area contributed by atoms with Gasteiger partial charge in [-0.15, -0.1) is 0 Å². The maximum absolute atomic E-state index is 12.7. The van der Waals surface area contributed by atoms with Gasteiger partial charge in [0.05, 0.1) is 0 Å². The number of ether oxygens (including phenoxy) is 3. The Kier molecular flexibility index (Phi) is 50.2. The van der Waals surface area contributed by atoms with Crippen LogP contribution in [0.4, 0.5) is 0 Å². The second-order valence-electron chi connectivity index (χ2n) is 18.9. The summed E-state index contributed by atoms with van der Waals surface area (Å²) in [7, 11) is 0. The summed E-state index contributed by atoms with van der Waals surface area (Å²) < 4.78 is 16.7. The number of carbonyl (C=O) groups excluding carboxylic acids is 3. The van der Waals surface area contributed by atoms with E-state index in [2.05, 4.69) is 32.9 Å². The average molecular weight is 875 g/mol. The molecule has 62 heavy (non-hydrogen) atoms. The number of hydrogen-bond acceptors (Lipinski definition) is 6. The predicted molar refractivity (Wildman–Crippen MR) is 266 cm³/mol. The van der Waals surface area contributed by atoms with Crippen molar-refractivity contribution in [3.8, 4) is 0 Å². The van der Waals surface area contributed by atoms with Gasteiger partial charge < -0.3 is 14.2 Å². The van der Waals surface area contributed by atoms with Crippen LogP contribution in [0.25, 0.3) is 0 Å². The summed E-state index contributed by atoms with van der Waals surface area (Å²) in [5.74, 6) is -0.869. The van der Waals surface area contributed by atoms with Gasteiger partial charge >= 0.3 is 17.9 Å². The van der Waals surface area contributed by atoms with E-state index in [9.17, 15) is 14.4 Å². The summed E-state index contributed by atoms with van der Waals surface area (Å²) in [6.45, 7) is 6.61. The van der Waals surface area contributed by atoms with Crippen molar-refractivity contribution in [1.82, 2.24) is 0 Å². The fourth-order valence-electron chi connectivity index (χ4n) is 8.32. The average Bonchev–Trinajstić information content (AvgIpc) is 3.27. The van der Waals surface area contributed by atoms with E-state index in [1.807, 2.05) is 0 Å². The molecule has 0 heterocycles. The van der Waals surface area contributed by atoms with Crippen LogP contribution in [0.1, 0.15) is 310 Å². The summed E-state index contributed by atoms with van der Waals surface area (Å²) in [4.78, 5) is 37.8. The third kappa shape index (κ3) is 49.2. The third-order valence-corrected chi connectivity index (χ3v) is 12.5. The van der Waals surface area contributed by atoms with E-state index >= 15 is 0 Å². The summed E-state index contributed by atoms with van der Waals surface area (Å²) in [6, 6.07) is 0. The Balaban J connectivity index is 4.04. The van der Waals surface area contributed by atoms with Crippen LogP contribution >= 0.6 is 0 Å². The Labute approximate surface area is 386 Å². The van der Waals surface area contributed by atoms with Gasteiger partial charge in [-0.3, -0.25) is 14.4 Å². The monoisotopic (exact) mass is 875 g/mol. The fourth-order valence-corrected chi connectivity index (χ4v) is 8.32. The van der Waals surface area contributed by atoms with Crippen molar-refractivity contribution in [2.75, 3.05) is 13.2 Å². The molecule has 0 aromatic heterocycles. The number of rotatable bonds is 51. The van der Waals surface area contributed by atoms with E-state index in [1.165, 1.54) is 205 Å². The van der Waals surface area contributed by atoms with Crippen molar-refractivity contribution in [1.29, 1.82) is 0 Å². The Morgan fingerprint density at radius 2 is 0.532 bits per heavy atom. The van der Waals surface area contributed by atoms with Crippen molar-refractivity contribution in [3.63, 3.8) is 0 Å². The molecular formula is C56H106O6. The lowest BCUT2D eigenvalue weighted by Gasteiger charge is -2.18. The number of allylic oxidation sites excluding steroid dienone is 2. The van der Waals surface area contributed by atoms with Crippen molar-refractivity contribution >= 4 is 17.9 Å². The normalized spacial score (nSPS) is 12.0. The van der Waals surface area contributed by atoms with Gasteiger partial charge in [0.25, 0.3) is 0 Å². The van der Waals surface area contributed by atoms with Gasteiger partial charge in [-0.2, -0.15) is 0 Å². The van der Waals surface area contributed by atoms with Gasteiger partial charge in [0.2, 0.25) is 0 Å². The van der Waals surface area contributed by atoms with Crippen LogP contribution < -0.4 is 0 Å². The van der Waals surface area contributed by atoms with Gasteiger partial charge in [0.15, 0.2) is 6.10 Å². The fraction of sp³-hybridized carbons (Fsp3) is 0.911. The highest BCUT2D eigenvalue weighted by molar-refractivity contribution is 5.71. The predicted octanol–water partition coefficient (Wildman–Crippen LogP) is 18.2. The molecule has 1 atom stereocenters. The minimum absolute atomic E-state index is 0.0688. The van der Waals surface area contributed by atoms with E-state index in [4.69, 9.17) is 14.2 Å². The molecule has 6 heteroatoms. The van der Waals surface area contributed by atoms with Crippen LogP contribution in [0.2, 0.25) is 0 Å². The molecule has 0 N–H and O–H groups in total. The maximum atomic E-state index is 12.7. The molecule has 0 saturated carbocycles. The molecule has 0 spiro atoms. The highest BCUT2D eigenvalue weighted by atomic mass is 16.6. The molecule has 0 aliphatic rings. The second kappa shape index (κ2) is 51.8. The Morgan fingerprint density at radius 1 is 0.306 bits per heavy atom. The van der Waals surface area contributed by atoms with E-state index in [0.29, 0.717) is 19.3 Å². The minimum atomic E-state index is -0.766. The molecule has 0 bridgehead atoms. The molecule has 0 aliphatic carbocycles. The zero-order chi connectivity index (χ0) is 45.1. The molecule has 0 radical (unpaired) electrons. The van der Waals surface area contributed by atoms with Crippen LogP contribution in [0, 0.1) is 0 Å². The highest BCUT2D eigenvalue weighted by Crippen LogP contribution is 2.17. The summed E-state index contributed by atoms with van der Waals surface area (Å²) in [5, 5.41) is 0. The standard InChI is InChI=1S/C56H106O6/c1-4-7-10-13-16-18-20-22-23-24-25-26-27-28-29-30-31-32-33-34-36-37-40-43-46-49-55(58)61-52-53(51-60-54(57)48-45-42-39-15-12-9-6-3)62-56(59)50-47-44-41-38-35-21-19-17-14-11-8-5-2/h17,19,53H,4-16,18,20-52H2,1-3H3/b19-17-. The third-order valence-electron chi connectivity index (χ3n) is 12.5. The molecule has 1 unspecified atom stereocenters. The van der Waals surface area contributed by atoms with Crippen molar-refractivity contribution < 1.29 is 28.6 Å². The Hall–Kier alpha value is -1.85. The van der Waals surface area contributed by atoms with Crippen molar-refractivity contribution in [2.24, 2.45) is 0 Å². The molecule has 0 aromatic rings. The van der Waals surface area contributed by atoms with E-state index in [-0.39, 0.29) is 31.1 Å². The Bertz CT molecular complexity index is 962. The van der Waals surface area contributed by atoms with E-state index < -0.39 is 6.10 Å². The topological polar surface area (TPSA) is 78.9 Å². The number of carbonyl (C=O) groups is 3. The molecular weight excluding hydrogens is 769 g/mol. The summed E-state index contributed by atoms with van der Waals surface area (Å²) in [6.07, 6.45) is 58.1. The second-order valence-corrected chi connectivity index (χ2v) is 18.9. The number of hydrogen-bond donors (Lipinski definition) is 0. The first kappa shape index (κ1) is 60.2. The smallest absolute Gasteiger partial charge is 0.306 e. The molecule has 0 fully saturated rings. The first-order valence-electron chi connectivity index (χ1n) is 27.7. The van der Waals surface area contributed by atoms with Gasteiger partial charge in [-0.25, -0.2) is 0 Å². The first-order valence-corrected chi connectivity index (χ1v) is 27.7. The Morgan fingerprint density at radius 3 is 0.839 bits per heavy atom. The molecule has 6 nitrogen and oxygen atoms in total. The molecule has 0 saturated heterocycles. The first-order chi connectivity index (χ1) is 30.5. The minimum Gasteiger partial charge on any atom is -0.462 e. The zero-order valence-corrected chi connectivity index (χ0v) is 41.9. The summed E-state index contributed by atoms with van der Waals surface area (Å²) >= 11 is 0. The number of unbranched alkanes of at least 4 members (excludes halogenated alkanes) is 38. The maximum Gasteiger partial charge on any atom is 0.306 e. The lowest BCUT2D eigenvalue weighted by atomic mass is 10.0. The molecule has 0 aliphatic heterocycles. The van der Waals surface area contributed by atoms with Crippen LogP contribution in [-0.2, 0) is 28.6 Å². The highest BCUT2D eigenvalue weighted by Gasteiger charge is 2.19. The van der Waals surface area contributed by atoms with Crippen LogP contribution in [-0.4, -0.2) is 37.2 Å². The lowest BCUT2D eigenvalue weighted by molar-refractivity contribution is -0.167. The van der Waals surface area contributed by atoms with Crippen molar-refractivity contribution in [2.45, 2.75) is 316 Å². The largest absolute Gasteiger partial charge is 0.462 e. The van der Waals surface area contributed by atoms with Crippen LogP contribution in [0.3, 0.4) is 0 Å². The molecule has 0 amide bonds. The van der Waals surface area contributed by atoms with E-state index in [1.54, 1.807) is 0 Å². The quantitative estimate of drug-likeness (QED) is 0.0262. The molecule has 366 valence electrons. The zero-order valence-electron chi connectivity index (χ0n) is 41.9. The summed E-state index contributed by atoms with van der Waals surface area (Å²) in [5.41, 5.74) is 0. The lowest BCUT2D eigenvalue weighted by Crippen LogP contribution is -2.30. The molecule has 0 rings (SSSR count). The van der Waals surface area contributed by atoms with Crippen LogP contribution in [0.5, 0.6) is 0 Å². The van der Waals surface area contributed by atoms with E-state index in [0.717, 1.165) is 64.2 Å². The van der Waals surface area contributed by atoms with Gasteiger partial charge in [-0.1, -0.05) is 258 Å². The van der Waals surface area contributed by atoms with Gasteiger partial charge in [-0.05, 0) is 44.9 Å². The van der Waals surface area contributed by atoms with Crippen molar-refractivity contribution in [3.05, 3.63) is 12.2 Å². The molecule has 0 aromatic carbocycles. The number of esters is 3. The van der Waals surface area contributed by atoms with Gasteiger partial charge in [0.1, 0.15) is 13.2 Å². The van der Waals surface area contributed by atoms with Gasteiger partial charge in [0, 0.05) is 19.3 Å².